The van der Waals surface area contributed by atoms with Crippen LogP contribution in [0.1, 0.15) is 38.5 Å². The van der Waals surface area contributed by atoms with Crippen molar-refractivity contribution in [3.8, 4) is 0 Å². The molecule has 3 rings (SSSR count). The van der Waals surface area contributed by atoms with Crippen LogP contribution in [0.2, 0.25) is 0 Å². The molecule has 4 heteroatoms. The zero-order valence-corrected chi connectivity index (χ0v) is 13.8. The van der Waals surface area contributed by atoms with Gasteiger partial charge in [-0.05, 0) is 37.5 Å². The highest BCUT2D eigenvalue weighted by Crippen LogP contribution is 2.18. The molecule has 4 nitrogen and oxygen atoms in total. The van der Waals surface area contributed by atoms with E-state index in [9.17, 15) is 4.79 Å². The van der Waals surface area contributed by atoms with Crippen molar-refractivity contribution in [2.45, 2.75) is 26.9 Å². The number of rotatable bonds is 5. The lowest BCUT2D eigenvalue weighted by Crippen LogP contribution is -2.09. The van der Waals surface area contributed by atoms with Crippen LogP contribution in [-0.4, -0.2) is 11.1 Å². The molecule has 0 unspecified atom stereocenters. The second-order valence-electron chi connectivity index (χ2n) is 5.70. The van der Waals surface area contributed by atoms with Gasteiger partial charge in [0.1, 0.15) is 12.4 Å². The molecule has 122 valence electrons. The van der Waals surface area contributed by atoms with E-state index in [0.717, 1.165) is 22.4 Å². The van der Waals surface area contributed by atoms with Crippen LogP contribution in [0.25, 0.3) is 0 Å². The first kappa shape index (κ1) is 16.0. The Morgan fingerprint density at radius 2 is 1.75 bits per heavy atom. The third-order valence-electron chi connectivity index (χ3n) is 4.00. The molecule has 0 radical (unpaired) electrons. The second-order valence-corrected chi connectivity index (χ2v) is 5.70. The van der Waals surface area contributed by atoms with Gasteiger partial charge in [0.25, 0.3) is 0 Å². The van der Waals surface area contributed by atoms with Crippen molar-refractivity contribution >= 4 is 5.97 Å². The Kier molecular flexibility index (Phi) is 4.75. The van der Waals surface area contributed by atoms with Crippen molar-refractivity contribution in [3.05, 3.63) is 88.3 Å². The molecule has 2 aromatic carbocycles. The average Bonchev–Trinajstić information content (AvgIpc) is 2.92. The quantitative estimate of drug-likeness (QED) is 0.660. The molecular formula is C20H19NO3. The summed E-state index contributed by atoms with van der Waals surface area (Å²) in [7, 11) is 0. The summed E-state index contributed by atoms with van der Waals surface area (Å²) in [5.41, 5.74) is 4.27. The molecule has 0 amide bonds. The molecule has 0 aliphatic carbocycles. The fraction of sp³-hybridized carbons (Fsp3) is 0.200. The molecule has 1 aromatic heterocycles. The zero-order chi connectivity index (χ0) is 16.9. The van der Waals surface area contributed by atoms with Gasteiger partial charge in [-0.2, -0.15) is 0 Å². The van der Waals surface area contributed by atoms with Gasteiger partial charge in [0, 0.05) is 0 Å². The maximum atomic E-state index is 12.5. The van der Waals surface area contributed by atoms with Crippen molar-refractivity contribution in [1.82, 2.24) is 5.16 Å². The second kappa shape index (κ2) is 7.13. The van der Waals surface area contributed by atoms with E-state index in [1.165, 1.54) is 0 Å². The van der Waals surface area contributed by atoms with Gasteiger partial charge in [-0.25, -0.2) is 4.79 Å². The van der Waals surface area contributed by atoms with E-state index in [1.807, 2.05) is 62.4 Å². The Morgan fingerprint density at radius 1 is 1.04 bits per heavy atom. The van der Waals surface area contributed by atoms with Crippen LogP contribution in [0, 0.1) is 13.8 Å². The Balaban J connectivity index is 1.75. The largest absolute Gasteiger partial charge is 0.457 e. The van der Waals surface area contributed by atoms with E-state index in [2.05, 4.69) is 5.16 Å². The fourth-order valence-electron chi connectivity index (χ4n) is 2.61. The van der Waals surface area contributed by atoms with Crippen molar-refractivity contribution in [2.24, 2.45) is 0 Å². The summed E-state index contributed by atoms with van der Waals surface area (Å²) >= 11 is 0. The smallest absolute Gasteiger partial charge is 0.338 e. The fourth-order valence-corrected chi connectivity index (χ4v) is 2.61. The normalized spacial score (nSPS) is 10.6. The number of hydrogen-bond acceptors (Lipinski definition) is 4. The number of nitrogens with zero attached hydrogens (tertiary/aromatic N) is 1. The van der Waals surface area contributed by atoms with Crippen LogP contribution in [0.4, 0.5) is 0 Å². The maximum absolute atomic E-state index is 12.5. The van der Waals surface area contributed by atoms with E-state index >= 15 is 0 Å². The topological polar surface area (TPSA) is 52.3 Å². The van der Waals surface area contributed by atoms with Crippen LogP contribution in [0.3, 0.4) is 0 Å². The minimum Gasteiger partial charge on any atom is -0.457 e. The highest BCUT2D eigenvalue weighted by molar-refractivity contribution is 5.91. The lowest BCUT2D eigenvalue weighted by molar-refractivity contribution is 0.0469. The number of benzene rings is 2. The van der Waals surface area contributed by atoms with Gasteiger partial charge < -0.3 is 9.26 Å². The average molecular weight is 321 g/mol. The van der Waals surface area contributed by atoms with Gasteiger partial charge in [-0.3, -0.25) is 0 Å². The van der Waals surface area contributed by atoms with Crippen molar-refractivity contribution < 1.29 is 14.1 Å². The molecule has 0 spiro atoms. The van der Waals surface area contributed by atoms with Crippen LogP contribution < -0.4 is 0 Å². The molecule has 0 aliphatic heterocycles. The summed E-state index contributed by atoms with van der Waals surface area (Å²) in [5, 5.41) is 3.87. The van der Waals surface area contributed by atoms with Crippen LogP contribution >= 0.6 is 0 Å². The SMILES string of the molecule is Cc1noc(C)c1COC(=O)c1ccccc1Cc1ccccc1. The zero-order valence-electron chi connectivity index (χ0n) is 13.8. The van der Waals surface area contributed by atoms with Gasteiger partial charge in [0.15, 0.2) is 0 Å². The predicted molar refractivity (Wildman–Crippen MR) is 90.8 cm³/mol. The van der Waals surface area contributed by atoms with E-state index in [-0.39, 0.29) is 12.6 Å². The molecule has 0 saturated carbocycles. The molecule has 1 heterocycles. The number of esters is 1. The van der Waals surface area contributed by atoms with Gasteiger partial charge in [-0.15, -0.1) is 0 Å². The first-order valence-corrected chi connectivity index (χ1v) is 7.86. The summed E-state index contributed by atoms with van der Waals surface area (Å²) in [6.45, 7) is 3.81. The van der Waals surface area contributed by atoms with Crippen LogP contribution in [0.5, 0.6) is 0 Å². The summed E-state index contributed by atoms with van der Waals surface area (Å²) in [6.07, 6.45) is 0.692. The lowest BCUT2D eigenvalue weighted by Gasteiger charge is -2.10. The lowest BCUT2D eigenvalue weighted by atomic mass is 10.00. The first-order chi connectivity index (χ1) is 11.6. The molecule has 0 aliphatic rings. The minimum atomic E-state index is -0.332. The van der Waals surface area contributed by atoms with Gasteiger partial charge in [0.2, 0.25) is 0 Å². The third-order valence-corrected chi connectivity index (χ3v) is 4.00. The summed E-state index contributed by atoms with van der Waals surface area (Å²) in [4.78, 5) is 12.5. The van der Waals surface area contributed by atoms with Crippen molar-refractivity contribution in [3.63, 3.8) is 0 Å². The number of carbonyl (C=O) groups excluding carboxylic acids is 1. The molecule has 0 atom stereocenters. The summed E-state index contributed by atoms with van der Waals surface area (Å²) in [6, 6.07) is 17.6. The standard InChI is InChI=1S/C20H19NO3/c1-14-19(15(2)24-21-14)13-23-20(22)18-11-7-6-10-17(18)12-16-8-4-3-5-9-16/h3-11H,12-13H2,1-2H3. The first-order valence-electron chi connectivity index (χ1n) is 7.86. The highest BCUT2D eigenvalue weighted by atomic mass is 16.5. The minimum absolute atomic E-state index is 0.166. The molecule has 0 bridgehead atoms. The highest BCUT2D eigenvalue weighted by Gasteiger charge is 2.15. The molecule has 0 N–H and O–H groups in total. The Hall–Kier alpha value is -2.88. The molecule has 24 heavy (non-hydrogen) atoms. The Bertz CT molecular complexity index is 818. The summed E-state index contributed by atoms with van der Waals surface area (Å²) in [5.74, 6) is 0.347. The molecular weight excluding hydrogens is 302 g/mol. The van der Waals surface area contributed by atoms with E-state index in [1.54, 1.807) is 6.07 Å². The van der Waals surface area contributed by atoms with E-state index in [0.29, 0.717) is 17.7 Å². The van der Waals surface area contributed by atoms with E-state index in [4.69, 9.17) is 9.26 Å². The number of carbonyl (C=O) groups is 1. The third kappa shape index (κ3) is 3.54. The Labute approximate surface area is 141 Å². The van der Waals surface area contributed by atoms with Crippen LogP contribution in [0.15, 0.2) is 59.1 Å². The molecule has 0 fully saturated rings. The van der Waals surface area contributed by atoms with Gasteiger partial charge in [0.05, 0.1) is 16.8 Å². The monoisotopic (exact) mass is 321 g/mol. The Morgan fingerprint density at radius 3 is 2.46 bits per heavy atom. The van der Waals surface area contributed by atoms with Gasteiger partial charge >= 0.3 is 5.97 Å². The van der Waals surface area contributed by atoms with Crippen molar-refractivity contribution in [2.75, 3.05) is 0 Å². The number of hydrogen-bond donors (Lipinski definition) is 0. The number of aryl methyl sites for hydroxylation is 2. The summed E-state index contributed by atoms with van der Waals surface area (Å²) < 4.78 is 10.6. The van der Waals surface area contributed by atoms with Crippen LogP contribution in [-0.2, 0) is 17.8 Å². The molecule has 0 saturated heterocycles. The van der Waals surface area contributed by atoms with Gasteiger partial charge in [-0.1, -0.05) is 53.7 Å². The molecule has 3 aromatic rings. The number of ether oxygens (including phenoxy) is 1. The van der Waals surface area contributed by atoms with Crippen molar-refractivity contribution in [1.29, 1.82) is 0 Å². The van der Waals surface area contributed by atoms with E-state index < -0.39 is 0 Å². The predicted octanol–water partition coefficient (Wildman–Crippen LogP) is 4.24. The maximum Gasteiger partial charge on any atom is 0.338 e. The number of aromatic nitrogens is 1.